The van der Waals surface area contributed by atoms with Crippen LogP contribution in [0.5, 0.6) is 17.2 Å². The smallest absolute Gasteiger partial charge is 0.203 e. The quantitative estimate of drug-likeness (QED) is 0.818. The standard InChI is InChI=1S/C14H19NO4/c1-17-11-6-10(7-12(18-2)14(11)19-3)13(16)9-4-5-15-8-9/h6-7,9,15H,4-5,8H2,1-3H3. The minimum Gasteiger partial charge on any atom is -0.493 e. The maximum absolute atomic E-state index is 12.4. The van der Waals surface area contributed by atoms with Crippen LogP contribution < -0.4 is 19.5 Å². The van der Waals surface area contributed by atoms with Crippen molar-refractivity contribution in [3.05, 3.63) is 17.7 Å². The van der Waals surface area contributed by atoms with Crippen LogP contribution in [0, 0.1) is 5.92 Å². The lowest BCUT2D eigenvalue weighted by Gasteiger charge is -2.15. The van der Waals surface area contributed by atoms with Crippen LogP contribution in [0.25, 0.3) is 0 Å². The van der Waals surface area contributed by atoms with Gasteiger partial charge in [0.25, 0.3) is 0 Å². The maximum Gasteiger partial charge on any atom is 0.203 e. The summed E-state index contributed by atoms with van der Waals surface area (Å²) < 4.78 is 15.8. The second-order valence-electron chi connectivity index (χ2n) is 4.47. The minimum absolute atomic E-state index is 0.0304. The summed E-state index contributed by atoms with van der Waals surface area (Å²) in [7, 11) is 4.63. The average molecular weight is 265 g/mol. The van der Waals surface area contributed by atoms with Crippen LogP contribution in [0.2, 0.25) is 0 Å². The van der Waals surface area contributed by atoms with Gasteiger partial charge < -0.3 is 19.5 Å². The molecule has 1 aromatic rings. The number of nitrogens with one attached hydrogen (secondary N) is 1. The van der Waals surface area contributed by atoms with Gasteiger partial charge in [0, 0.05) is 18.0 Å². The lowest BCUT2D eigenvalue weighted by atomic mass is 9.96. The van der Waals surface area contributed by atoms with E-state index < -0.39 is 0 Å². The number of ketones is 1. The van der Waals surface area contributed by atoms with Crippen LogP contribution in [0.3, 0.4) is 0 Å². The second kappa shape index (κ2) is 5.93. The van der Waals surface area contributed by atoms with Gasteiger partial charge in [0.05, 0.1) is 21.3 Å². The largest absolute Gasteiger partial charge is 0.493 e. The molecule has 0 radical (unpaired) electrons. The molecule has 5 heteroatoms. The zero-order valence-electron chi connectivity index (χ0n) is 11.5. The Hall–Kier alpha value is -1.75. The molecule has 1 aliphatic rings. The van der Waals surface area contributed by atoms with Crippen LogP contribution >= 0.6 is 0 Å². The van der Waals surface area contributed by atoms with E-state index in [4.69, 9.17) is 14.2 Å². The molecular weight excluding hydrogens is 246 g/mol. The van der Waals surface area contributed by atoms with Crippen LogP contribution in [-0.2, 0) is 0 Å². The number of carbonyl (C=O) groups is 1. The zero-order chi connectivity index (χ0) is 13.8. The Balaban J connectivity index is 2.37. The molecule has 104 valence electrons. The number of ether oxygens (including phenoxy) is 3. The molecular formula is C14H19NO4. The second-order valence-corrected chi connectivity index (χ2v) is 4.47. The number of methoxy groups -OCH3 is 3. The highest BCUT2D eigenvalue weighted by Gasteiger charge is 2.25. The first-order valence-corrected chi connectivity index (χ1v) is 6.26. The number of benzene rings is 1. The van der Waals surface area contributed by atoms with Gasteiger partial charge in [0.1, 0.15) is 0 Å². The van der Waals surface area contributed by atoms with Gasteiger partial charge in [-0.25, -0.2) is 0 Å². The Bertz CT molecular complexity index is 442. The van der Waals surface area contributed by atoms with Crippen molar-refractivity contribution in [1.82, 2.24) is 5.32 Å². The summed E-state index contributed by atoms with van der Waals surface area (Å²) in [6.45, 7) is 1.62. The Morgan fingerprint density at radius 3 is 2.21 bits per heavy atom. The predicted molar refractivity (Wildman–Crippen MR) is 71.4 cm³/mol. The summed E-state index contributed by atoms with van der Waals surface area (Å²) in [6.07, 6.45) is 0.871. The van der Waals surface area contributed by atoms with E-state index in [2.05, 4.69) is 5.32 Å². The molecule has 1 atom stereocenters. The van der Waals surface area contributed by atoms with Gasteiger partial charge in [0.15, 0.2) is 17.3 Å². The van der Waals surface area contributed by atoms with Crippen molar-refractivity contribution in [2.75, 3.05) is 34.4 Å². The number of hydrogen-bond acceptors (Lipinski definition) is 5. The van der Waals surface area contributed by atoms with Crippen molar-refractivity contribution in [1.29, 1.82) is 0 Å². The van der Waals surface area contributed by atoms with Gasteiger partial charge in [-0.15, -0.1) is 0 Å². The molecule has 0 spiro atoms. The van der Waals surface area contributed by atoms with Gasteiger partial charge in [-0.2, -0.15) is 0 Å². The fourth-order valence-electron chi connectivity index (χ4n) is 2.34. The number of Topliss-reactive ketones (excluding diaryl/α,β-unsaturated/α-hetero) is 1. The van der Waals surface area contributed by atoms with Gasteiger partial charge in [0.2, 0.25) is 5.75 Å². The molecule has 1 saturated heterocycles. The SMILES string of the molecule is COc1cc(C(=O)C2CCNC2)cc(OC)c1OC. The van der Waals surface area contributed by atoms with E-state index >= 15 is 0 Å². The topological polar surface area (TPSA) is 56.8 Å². The average Bonchev–Trinajstić information content (AvgIpc) is 2.98. The fourth-order valence-corrected chi connectivity index (χ4v) is 2.34. The molecule has 0 bridgehead atoms. The highest BCUT2D eigenvalue weighted by Crippen LogP contribution is 2.38. The number of hydrogen-bond donors (Lipinski definition) is 1. The summed E-state index contributed by atoms with van der Waals surface area (Å²) >= 11 is 0. The molecule has 5 nitrogen and oxygen atoms in total. The summed E-state index contributed by atoms with van der Waals surface area (Å²) in [5, 5.41) is 3.19. The maximum atomic E-state index is 12.4. The van der Waals surface area contributed by atoms with Crippen molar-refractivity contribution >= 4 is 5.78 Å². The van der Waals surface area contributed by atoms with Crippen molar-refractivity contribution in [2.24, 2.45) is 5.92 Å². The van der Waals surface area contributed by atoms with Crippen molar-refractivity contribution in [3.63, 3.8) is 0 Å². The molecule has 1 N–H and O–H groups in total. The fraction of sp³-hybridized carbons (Fsp3) is 0.500. The molecule has 1 aromatic carbocycles. The third-order valence-electron chi connectivity index (χ3n) is 3.38. The van der Waals surface area contributed by atoms with Crippen LogP contribution in [-0.4, -0.2) is 40.2 Å². The summed E-state index contributed by atoms with van der Waals surface area (Å²) in [6, 6.07) is 3.42. The Morgan fingerprint density at radius 2 is 1.79 bits per heavy atom. The monoisotopic (exact) mass is 265 g/mol. The van der Waals surface area contributed by atoms with Crippen molar-refractivity contribution in [2.45, 2.75) is 6.42 Å². The molecule has 19 heavy (non-hydrogen) atoms. The van der Waals surface area contributed by atoms with Crippen molar-refractivity contribution < 1.29 is 19.0 Å². The molecule has 0 amide bonds. The summed E-state index contributed by atoms with van der Waals surface area (Å²) in [5.41, 5.74) is 0.600. The molecule has 0 aliphatic carbocycles. The highest BCUT2D eigenvalue weighted by atomic mass is 16.5. The minimum atomic E-state index is 0.0304. The van der Waals surface area contributed by atoms with Crippen LogP contribution in [0.4, 0.5) is 0 Å². The van der Waals surface area contributed by atoms with E-state index in [9.17, 15) is 4.79 Å². The molecule has 1 unspecified atom stereocenters. The van der Waals surface area contributed by atoms with E-state index in [0.29, 0.717) is 22.8 Å². The van der Waals surface area contributed by atoms with Gasteiger partial charge >= 0.3 is 0 Å². The highest BCUT2D eigenvalue weighted by molar-refractivity contribution is 5.99. The normalized spacial score (nSPS) is 18.2. The van der Waals surface area contributed by atoms with Crippen LogP contribution in [0.1, 0.15) is 16.8 Å². The lowest BCUT2D eigenvalue weighted by Crippen LogP contribution is -2.18. The predicted octanol–water partition coefficient (Wildman–Crippen LogP) is 1.50. The van der Waals surface area contributed by atoms with Crippen molar-refractivity contribution in [3.8, 4) is 17.2 Å². The Labute approximate surface area is 112 Å². The van der Waals surface area contributed by atoms with E-state index in [-0.39, 0.29) is 11.7 Å². The molecule has 0 saturated carbocycles. The van der Waals surface area contributed by atoms with E-state index in [0.717, 1.165) is 19.5 Å². The number of rotatable bonds is 5. The Morgan fingerprint density at radius 1 is 1.16 bits per heavy atom. The van der Waals surface area contributed by atoms with E-state index in [1.807, 2.05) is 0 Å². The molecule has 2 rings (SSSR count). The van der Waals surface area contributed by atoms with Gasteiger partial charge in [-0.05, 0) is 25.1 Å². The van der Waals surface area contributed by atoms with Gasteiger partial charge in [-0.3, -0.25) is 4.79 Å². The zero-order valence-corrected chi connectivity index (χ0v) is 11.5. The van der Waals surface area contributed by atoms with Gasteiger partial charge in [-0.1, -0.05) is 0 Å². The van der Waals surface area contributed by atoms with Crippen LogP contribution in [0.15, 0.2) is 12.1 Å². The van der Waals surface area contributed by atoms with E-state index in [1.165, 1.54) is 0 Å². The third-order valence-corrected chi connectivity index (χ3v) is 3.38. The molecule has 1 fully saturated rings. The van der Waals surface area contributed by atoms with E-state index in [1.54, 1.807) is 33.5 Å². The lowest BCUT2D eigenvalue weighted by molar-refractivity contribution is 0.0929. The first-order valence-electron chi connectivity index (χ1n) is 6.26. The first kappa shape index (κ1) is 13.7. The first-order chi connectivity index (χ1) is 9.21. The number of carbonyl (C=O) groups excluding carboxylic acids is 1. The Kier molecular flexibility index (Phi) is 4.27. The third kappa shape index (κ3) is 2.66. The molecule has 1 aliphatic heterocycles. The molecule has 1 heterocycles. The summed E-state index contributed by atoms with van der Waals surface area (Å²) in [4.78, 5) is 12.4. The summed E-state index contributed by atoms with van der Waals surface area (Å²) in [5.74, 6) is 1.67. The molecule has 0 aromatic heterocycles.